The Hall–Kier alpha value is -4.15. The molecule has 0 fully saturated rings. The van der Waals surface area contributed by atoms with Crippen molar-refractivity contribution >= 4 is 51.2 Å². The van der Waals surface area contributed by atoms with Crippen LogP contribution in [0.2, 0.25) is 5.15 Å². The Morgan fingerprint density at radius 3 is 2.76 bits per heavy atom. The van der Waals surface area contributed by atoms with Crippen molar-refractivity contribution in [1.29, 1.82) is 5.26 Å². The van der Waals surface area contributed by atoms with Gasteiger partial charge in [-0.05, 0) is 54.8 Å². The summed E-state index contributed by atoms with van der Waals surface area (Å²) in [7, 11) is 1.62. The Labute approximate surface area is 201 Å². The van der Waals surface area contributed by atoms with Crippen LogP contribution in [0.1, 0.15) is 29.2 Å². The Bertz CT molecular complexity index is 1650. The zero-order chi connectivity index (χ0) is 23.8. The maximum Gasteiger partial charge on any atom is 0.157 e. The molecule has 0 bridgehead atoms. The quantitative estimate of drug-likeness (QED) is 0.197. The fourth-order valence-electron chi connectivity index (χ4n) is 4.26. The highest BCUT2D eigenvalue weighted by molar-refractivity contribution is 6.32. The van der Waals surface area contributed by atoms with Gasteiger partial charge in [-0.1, -0.05) is 30.7 Å². The van der Waals surface area contributed by atoms with Crippen molar-refractivity contribution in [1.82, 2.24) is 14.4 Å². The lowest BCUT2D eigenvalue weighted by Gasteiger charge is -2.15. The number of anilines is 1. The van der Waals surface area contributed by atoms with Crippen LogP contribution in [0.4, 0.5) is 5.82 Å². The molecule has 3 aromatic heterocycles. The van der Waals surface area contributed by atoms with Gasteiger partial charge in [-0.25, -0.2) is 9.97 Å². The number of benzene rings is 2. The number of nitrogens with zero attached hydrogens (tertiary/aromatic N) is 5. The molecule has 8 heteroatoms. The Morgan fingerprint density at radius 2 is 2.00 bits per heavy atom. The number of halogens is 1. The van der Waals surface area contributed by atoms with E-state index in [9.17, 15) is 5.26 Å². The third-order valence-electron chi connectivity index (χ3n) is 5.97. The molecule has 3 heterocycles. The molecule has 5 aromatic rings. The lowest BCUT2D eigenvalue weighted by atomic mass is 10.0. The summed E-state index contributed by atoms with van der Waals surface area (Å²) < 4.78 is 7.23. The van der Waals surface area contributed by atoms with Gasteiger partial charge in [0.05, 0.1) is 35.4 Å². The zero-order valence-electron chi connectivity index (χ0n) is 18.9. The first kappa shape index (κ1) is 21.7. The summed E-state index contributed by atoms with van der Waals surface area (Å²) in [5.74, 6) is 1.49. The highest BCUT2D eigenvalue weighted by atomic mass is 35.5. The van der Waals surface area contributed by atoms with Crippen molar-refractivity contribution in [3.05, 3.63) is 75.9 Å². The summed E-state index contributed by atoms with van der Waals surface area (Å²) in [5, 5.41) is 15.6. The number of aromatic nitrogens is 3. The molecular weight excluding hydrogens is 448 g/mol. The Kier molecular flexibility index (Phi) is 5.52. The Morgan fingerprint density at radius 1 is 1.18 bits per heavy atom. The van der Waals surface area contributed by atoms with Crippen LogP contribution < -0.4 is 10.2 Å². The van der Waals surface area contributed by atoms with Crippen LogP contribution in [0, 0.1) is 18.3 Å². The minimum atomic E-state index is 0.344. The number of methoxy groups -OCH3 is 1. The van der Waals surface area contributed by atoms with E-state index in [1.165, 1.54) is 0 Å². The predicted octanol–water partition coefficient (Wildman–Crippen LogP) is 5.89. The molecular formula is C26H21ClN6O. The van der Waals surface area contributed by atoms with Crippen molar-refractivity contribution in [3.63, 3.8) is 0 Å². The summed E-state index contributed by atoms with van der Waals surface area (Å²) >= 11 is 6.44. The number of para-hydroxylation sites is 2. The number of hydrazone groups is 1. The molecule has 5 rings (SSSR count). The van der Waals surface area contributed by atoms with Gasteiger partial charge in [0.15, 0.2) is 5.65 Å². The molecule has 0 spiro atoms. The fourth-order valence-corrected chi connectivity index (χ4v) is 4.45. The highest BCUT2D eigenvalue weighted by Gasteiger charge is 2.19. The van der Waals surface area contributed by atoms with Crippen LogP contribution in [-0.4, -0.2) is 27.7 Å². The van der Waals surface area contributed by atoms with Gasteiger partial charge in [-0.2, -0.15) is 10.4 Å². The second kappa shape index (κ2) is 8.65. The van der Waals surface area contributed by atoms with Crippen LogP contribution in [0.3, 0.4) is 0 Å². The number of rotatable bonds is 5. The van der Waals surface area contributed by atoms with E-state index in [0.717, 1.165) is 51.1 Å². The van der Waals surface area contributed by atoms with E-state index >= 15 is 0 Å². The summed E-state index contributed by atoms with van der Waals surface area (Å²) in [6, 6.07) is 17.7. The van der Waals surface area contributed by atoms with E-state index in [4.69, 9.17) is 21.3 Å². The van der Waals surface area contributed by atoms with E-state index in [0.29, 0.717) is 21.9 Å². The number of imidazole rings is 1. The van der Waals surface area contributed by atoms with Gasteiger partial charge in [0.1, 0.15) is 22.8 Å². The van der Waals surface area contributed by atoms with Gasteiger partial charge in [0, 0.05) is 17.0 Å². The van der Waals surface area contributed by atoms with E-state index < -0.39 is 0 Å². The first-order valence-electron chi connectivity index (χ1n) is 10.8. The molecule has 0 saturated carbocycles. The number of ether oxygens (including phenoxy) is 1. The second-order valence-corrected chi connectivity index (χ2v) is 8.21. The summed E-state index contributed by atoms with van der Waals surface area (Å²) in [6.45, 7) is 4.01. The maximum absolute atomic E-state index is 9.84. The SMILES string of the molecule is CCc1c(C)c(C#N)c2nc3ccccc3n2c1NN=Cc1cc2ccc(OC)cc2nc1Cl. The minimum absolute atomic E-state index is 0.344. The first-order chi connectivity index (χ1) is 16.5. The molecule has 0 radical (unpaired) electrons. The Balaban J connectivity index is 1.62. The number of pyridine rings is 2. The smallest absolute Gasteiger partial charge is 0.157 e. The highest BCUT2D eigenvalue weighted by Crippen LogP contribution is 2.31. The third kappa shape index (κ3) is 3.49. The van der Waals surface area contributed by atoms with Gasteiger partial charge in [0.2, 0.25) is 0 Å². The average Bonchev–Trinajstić information content (AvgIpc) is 3.23. The van der Waals surface area contributed by atoms with E-state index in [1.807, 2.05) is 59.9 Å². The first-order valence-corrected chi connectivity index (χ1v) is 11.2. The number of hydrogen-bond acceptors (Lipinski definition) is 6. The van der Waals surface area contributed by atoms with Gasteiger partial charge >= 0.3 is 0 Å². The van der Waals surface area contributed by atoms with Crippen LogP contribution in [0.25, 0.3) is 27.6 Å². The molecule has 0 amide bonds. The molecule has 168 valence electrons. The van der Waals surface area contributed by atoms with Crippen molar-refractivity contribution in [2.24, 2.45) is 5.10 Å². The topological polar surface area (TPSA) is 87.6 Å². The lowest BCUT2D eigenvalue weighted by molar-refractivity contribution is 0.415. The summed E-state index contributed by atoms with van der Waals surface area (Å²) in [4.78, 5) is 9.20. The van der Waals surface area contributed by atoms with Crippen LogP contribution in [0.15, 0.2) is 53.6 Å². The number of fused-ring (bicyclic) bond motifs is 4. The molecule has 0 atom stereocenters. The molecule has 1 N–H and O–H groups in total. The van der Waals surface area contributed by atoms with E-state index in [1.54, 1.807) is 13.3 Å². The fraction of sp³-hybridized carbons (Fsp3) is 0.154. The number of nitriles is 1. The van der Waals surface area contributed by atoms with Crippen molar-refractivity contribution < 1.29 is 4.74 Å². The van der Waals surface area contributed by atoms with Gasteiger partial charge in [-0.15, -0.1) is 0 Å². The largest absolute Gasteiger partial charge is 0.497 e. The monoisotopic (exact) mass is 468 g/mol. The molecule has 0 unspecified atom stereocenters. The van der Waals surface area contributed by atoms with Crippen molar-refractivity contribution in [3.8, 4) is 11.8 Å². The maximum atomic E-state index is 9.84. The standard InChI is InChI=1S/C26H21ClN6O/c1-4-19-15(2)20(13-28)25-31-21-7-5-6-8-23(21)33(25)26(19)32-29-14-17-11-16-9-10-18(34-3)12-22(16)30-24(17)27/h5-12,14,32H,4H2,1-3H3. The van der Waals surface area contributed by atoms with E-state index in [-0.39, 0.29) is 0 Å². The normalized spacial score (nSPS) is 11.5. The summed E-state index contributed by atoms with van der Waals surface area (Å²) in [6.07, 6.45) is 2.37. The van der Waals surface area contributed by atoms with Gasteiger partial charge in [0.25, 0.3) is 0 Å². The zero-order valence-corrected chi connectivity index (χ0v) is 19.7. The molecule has 0 aliphatic heterocycles. The molecule has 2 aromatic carbocycles. The molecule has 0 saturated heterocycles. The average molecular weight is 469 g/mol. The van der Waals surface area contributed by atoms with Crippen LogP contribution in [0.5, 0.6) is 5.75 Å². The lowest BCUT2D eigenvalue weighted by Crippen LogP contribution is -2.07. The molecule has 34 heavy (non-hydrogen) atoms. The number of hydrogen-bond donors (Lipinski definition) is 1. The van der Waals surface area contributed by atoms with Gasteiger partial charge < -0.3 is 4.74 Å². The molecule has 0 aliphatic carbocycles. The van der Waals surface area contributed by atoms with Crippen molar-refractivity contribution in [2.75, 3.05) is 12.5 Å². The van der Waals surface area contributed by atoms with Gasteiger partial charge in [-0.3, -0.25) is 9.83 Å². The van der Waals surface area contributed by atoms with E-state index in [2.05, 4.69) is 28.5 Å². The molecule has 7 nitrogen and oxygen atoms in total. The third-order valence-corrected chi connectivity index (χ3v) is 6.27. The van der Waals surface area contributed by atoms with Crippen molar-refractivity contribution in [2.45, 2.75) is 20.3 Å². The molecule has 0 aliphatic rings. The predicted molar refractivity (Wildman–Crippen MR) is 136 cm³/mol. The second-order valence-electron chi connectivity index (χ2n) is 7.85. The number of nitrogens with one attached hydrogen (secondary N) is 1. The van der Waals surface area contributed by atoms with Crippen LogP contribution in [-0.2, 0) is 6.42 Å². The summed E-state index contributed by atoms with van der Waals surface area (Å²) in [5.41, 5.74) is 9.41. The van der Waals surface area contributed by atoms with Crippen LogP contribution >= 0.6 is 11.6 Å². The minimum Gasteiger partial charge on any atom is -0.497 e.